The zero-order valence-electron chi connectivity index (χ0n) is 19.5. The molecule has 2 aromatic rings. The second-order valence-corrected chi connectivity index (χ2v) is 10.4. The molecule has 2 aliphatic rings. The molecule has 0 atom stereocenters. The second kappa shape index (κ2) is 8.56. The molecule has 10 heteroatoms. The Kier molecular flexibility index (Phi) is 5.93. The number of nitrogens with zero attached hydrogens (tertiary/aromatic N) is 6. The smallest absolute Gasteiger partial charge is 0.407 e. The van der Waals surface area contributed by atoms with Crippen LogP contribution in [-0.2, 0) is 0 Å². The Morgan fingerprint density at radius 2 is 2.03 bits per heavy atom. The maximum absolute atomic E-state index is 11.5. The minimum atomic E-state index is -0.890. The van der Waals surface area contributed by atoms with Crippen molar-refractivity contribution in [2.45, 2.75) is 52.7 Å². The van der Waals surface area contributed by atoms with E-state index in [1.54, 1.807) is 12.1 Å². The number of hydrazine groups is 1. The van der Waals surface area contributed by atoms with Crippen molar-refractivity contribution in [3.63, 3.8) is 0 Å². The van der Waals surface area contributed by atoms with Crippen molar-refractivity contribution < 1.29 is 14.6 Å². The number of ether oxygens (including phenoxy) is 1. The topological polar surface area (TPSA) is 106 Å². The molecule has 2 aliphatic heterocycles. The van der Waals surface area contributed by atoms with E-state index in [1.807, 2.05) is 19.9 Å². The predicted molar refractivity (Wildman–Crippen MR) is 126 cm³/mol. The molecule has 4 rings (SSSR count). The van der Waals surface area contributed by atoms with Gasteiger partial charge in [-0.15, -0.1) is 10.2 Å². The molecule has 0 saturated carbocycles. The molecule has 0 bridgehead atoms. The van der Waals surface area contributed by atoms with Crippen LogP contribution in [0.2, 0.25) is 0 Å². The van der Waals surface area contributed by atoms with E-state index < -0.39 is 6.09 Å². The van der Waals surface area contributed by atoms with Crippen molar-refractivity contribution in [2.24, 2.45) is 0 Å². The lowest BCUT2D eigenvalue weighted by Gasteiger charge is -2.42. The summed E-state index contributed by atoms with van der Waals surface area (Å²) in [5.74, 6) is 0.555. The number of hydrogen-bond acceptors (Lipinski definition) is 8. The van der Waals surface area contributed by atoms with Crippen LogP contribution in [0.4, 0.5) is 9.93 Å². The number of rotatable bonds is 4. The average molecular weight is 469 g/mol. The van der Waals surface area contributed by atoms with E-state index in [0.29, 0.717) is 42.4 Å². The zero-order chi connectivity index (χ0) is 23.9. The standard InChI is InChI=1S/C23H28N6O3S/c1-14(2)32-19-7-6-15(10-16(19)11-24)20-25-26-21(33-20)28-13-17-12-27(22(30)31)9-8-18(17)29(28)23(3,4)5/h6-7,10,14H,8-9,12-13H2,1-5H3,(H,30,31). The maximum Gasteiger partial charge on any atom is 0.407 e. The highest BCUT2D eigenvalue weighted by molar-refractivity contribution is 7.18. The van der Waals surface area contributed by atoms with Gasteiger partial charge in [0.1, 0.15) is 16.8 Å². The van der Waals surface area contributed by atoms with Crippen LogP contribution in [0.3, 0.4) is 0 Å². The fraction of sp³-hybridized carbons (Fsp3) is 0.478. The first-order valence-corrected chi connectivity index (χ1v) is 11.7. The van der Waals surface area contributed by atoms with Gasteiger partial charge in [0.2, 0.25) is 5.13 Å². The average Bonchev–Trinajstić information content (AvgIpc) is 3.37. The number of anilines is 1. The fourth-order valence-electron chi connectivity index (χ4n) is 4.24. The van der Waals surface area contributed by atoms with Crippen LogP contribution < -0.4 is 9.75 Å². The molecule has 9 nitrogen and oxygen atoms in total. The number of aromatic nitrogens is 2. The number of benzene rings is 1. The summed E-state index contributed by atoms with van der Waals surface area (Å²) in [5, 5.41) is 33.6. The molecule has 1 N–H and O–H groups in total. The molecule has 0 unspecified atom stereocenters. The molecule has 0 radical (unpaired) electrons. The Morgan fingerprint density at radius 1 is 1.27 bits per heavy atom. The number of carbonyl (C=O) groups is 1. The monoisotopic (exact) mass is 468 g/mol. The number of amides is 1. The van der Waals surface area contributed by atoms with Crippen molar-refractivity contribution in [2.75, 3.05) is 24.6 Å². The van der Waals surface area contributed by atoms with Crippen LogP contribution in [0.25, 0.3) is 10.6 Å². The van der Waals surface area contributed by atoms with E-state index in [-0.39, 0.29) is 11.6 Å². The molecule has 0 saturated heterocycles. The summed E-state index contributed by atoms with van der Waals surface area (Å²) < 4.78 is 5.72. The number of hydrogen-bond donors (Lipinski definition) is 1. The van der Waals surface area contributed by atoms with Gasteiger partial charge in [0.15, 0.2) is 0 Å². The van der Waals surface area contributed by atoms with Gasteiger partial charge in [-0.25, -0.2) is 4.79 Å². The lowest BCUT2D eigenvalue weighted by atomic mass is 10.0. The highest BCUT2D eigenvalue weighted by atomic mass is 32.1. The molecule has 3 heterocycles. The third-order valence-corrected chi connectivity index (χ3v) is 6.48. The Balaban J connectivity index is 1.63. The van der Waals surface area contributed by atoms with E-state index in [2.05, 4.69) is 47.1 Å². The summed E-state index contributed by atoms with van der Waals surface area (Å²) in [4.78, 5) is 12.9. The van der Waals surface area contributed by atoms with Gasteiger partial charge in [-0.05, 0) is 58.4 Å². The van der Waals surface area contributed by atoms with Crippen molar-refractivity contribution in [3.05, 3.63) is 35.0 Å². The van der Waals surface area contributed by atoms with E-state index in [9.17, 15) is 15.2 Å². The number of nitriles is 1. The van der Waals surface area contributed by atoms with E-state index in [0.717, 1.165) is 16.3 Å². The Labute approximate surface area is 197 Å². The van der Waals surface area contributed by atoms with Gasteiger partial charge in [-0.2, -0.15) is 5.26 Å². The highest BCUT2D eigenvalue weighted by Gasteiger charge is 2.41. The third-order valence-electron chi connectivity index (χ3n) is 5.50. The van der Waals surface area contributed by atoms with Gasteiger partial charge in [-0.3, -0.25) is 10.0 Å². The molecule has 0 spiro atoms. The molecule has 1 amide bonds. The molecule has 1 aromatic carbocycles. The van der Waals surface area contributed by atoms with E-state index in [1.165, 1.54) is 21.9 Å². The predicted octanol–water partition coefficient (Wildman–Crippen LogP) is 4.34. The summed E-state index contributed by atoms with van der Waals surface area (Å²) in [7, 11) is 0. The lowest BCUT2D eigenvalue weighted by molar-refractivity contribution is 0.140. The summed E-state index contributed by atoms with van der Waals surface area (Å²) >= 11 is 1.45. The van der Waals surface area contributed by atoms with Gasteiger partial charge in [-0.1, -0.05) is 11.3 Å². The second-order valence-electron chi connectivity index (χ2n) is 9.42. The largest absolute Gasteiger partial charge is 0.490 e. The van der Waals surface area contributed by atoms with E-state index >= 15 is 0 Å². The van der Waals surface area contributed by atoms with Crippen LogP contribution in [0.15, 0.2) is 29.5 Å². The molecule has 174 valence electrons. The summed E-state index contributed by atoms with van der Waals surface area (Å²) in [6, 6.07) is 7.67. The lowest BCUT2D eigenvalue weighted by Crippen LogP contribution is -2.49. The van der Waals surface area contributed by atoms with Gasteiger partial charge in [0.25, 0.3) is 0 Å². The summed E-state index contributed by atoms with van der Waals surface area (Å²) in [6.45, 7) is 11.7. The van der Waals surface area contributed by atoms with Crippen LogP contribution in [0.5, 0.6) is 5.75 Å². The number of carboxylic acid groups (broad SMARTS) is 1. The fourth-order valence-corrected chi connectivity index (χ4v) is 5.07. The van der Waals surface area contributed by atoms with Crippen LogP contribution in [0.1, 0.15) is 46.6 Å². The zero-order valence-corrected chi connectivity index (χ0v) is 20.3. The maximum atomic E-state index is 11.5. The first-order chi connectivity index (χ1) is 15.6. The molecular weight excluding hydrogens is 440 g/mol. The summed E-state index contributed by atoms with van der Waals surface area (Å²) in [6.07, 6.45) is -0.242. The third kappa shape index (κ3) is 4.46. The van der Waals surface area contributed by atoms with Crippen molar-refractivity contribution in [3.8, 4) is 22.4 Å². The highest BCUT2D eigenvalue weighted by Crippen LogP contribution is 2.41. The van der Waals surface area contributed by atoms with Crippen molar-refractivity contribution >= 4 is 22.6 Å². The normalized spacial score (nSPS) is 16.3. The first-order valence-electron chi connectivity index (χ1n) is 10.9. The van der Waals surface area contributed by atoms with Crippen molar-refractivity contribution in [1.29, 1.82) is 5.26 Å². The quantitative estimate of drug-likeness (QED) is 0.706. The Hall–Kier alpha value is -3.32. The Bertz CT molecular complexity index is 1140. The van der Waals surface area contributed by atoms with Crippen molar-refractivity contribution in [1.82, 2.24) is 20.1 Å². The Morgan fingerprint density at radius 3 is 2.67 bits per heavy atom. The van der Waals surface area contributed by atoms with Gasteiger partial charge >= 0.3 is 6.09 Å². The summed E-state index contributed by atoms with van der Waals surface area (Å²) in [5.41, 5.74) is 3.32. The van der Waals surface area contributed by atoms with Crippen LogP contribution in [0, 0.1) is 11.3 Å². The van der Waals surface area contributed by atoms with Gasteiger partial charge < -0.3 is 14.7 Å². The van der Waals surface area contributed by atoms with Crippen LogP contribution in [-0.4, -0.2) is 62.6 Å². The van der Waals surface area contributed by atoms with Gasteiger partial charge in [0, 0.05) is 30.8 Å². The first kappa shape index (κ1) is 22.9. The van der Waals surface area contributed by atoms with E-state index in [4.69, 9.17) is 4.74 Å². The minimum absolute atomic E-state index is 0.0229. The molecule has 0 aliphatic carbocycles. The SMILES string of the molecule is CC(C)Oc1ccc(-c2nnc(N3CC4=C(CCN(C(=O)O)C4)N3C(C)(C)C)s2)cc1C#N. The molecule has 33 heavy (non-hydrogen) atoms. The molecular formula is C23H28N6O3S. The molecule has 0 fully saturated rings. The minimum Gasteiger partial charge on any atom is -0.490 e. The van der Waals surface area contributed by atoms with Gasteiger partial charge in [0.05, 0.1) is 23.8 Å². The molecule has 1 aromatic heterocycles. The van der Waals surface area contributed by atoms with Crippen LogP contribution >= 0.6 is 11.3 Å².